The smallest absolute Gasteiger partial charge is 0.303 e. The van der Waals surface area contributed by atoms with Gasteiger partial charge in [0.25, 0.3) is 0 Å². The van der Waals surface area contributed by atoms with Crippen LogP contribution in [0, 0.1) is 11.6 Å². The lowest BCUT2D eigenvalue weighted by atomic mass is 10.1. The third-order valence-electron chi connectivity index (χ3n) is 4.25. The molecule has 29 heavy (non-hydrogen) atoms. The molecule has 0 amide bonds. The minimum Gasteiger partial charge on any atom is -0.481 e. The fraction of sp³-hybridized carbons (Fsp3) is 0.286. The van der Waals surface area contributed by atoms with Crippen molar-refractivity contribution >= 4 is 17.7 Å². The standard InChI is InChI=1S/C21H21F2N3O2S/c1-13(2)20-21(29-17-9-15(22)8-16(23)10-17)26(12-14-4-3-7-24-11-14)18(25-20)5-6-19(27)28/h3-4,7-11,13H,5-6,12H2,1-2H3,(H,27,28). The quantitative estimate of drug-likeness (QED) is 0.565. The Morgan fingerprint density at radius 3 is 2.55 bits per heavy atom. The first kappa shape index (κ1) is 21.0. The van der Waals surface area contributed by atoms with Crippen molar-refractivity contribution in [2.75, 3.05) is 0 Å². The van der Waals surface area contributed by atoms with E-state index in [1.165, 1.54) is 23.9 Å². The van der Waals surface area contributed by atoms with E-state index in [9.17, 15) is 13.6 Å². The topological polar surface area (TPSA) is 68.0 Å². The summed E-state index contributed by atoms with van der Waals surface area (Å²) in [6.07, 6.45) is 3.60. The molecule has 152 valence electrons. The molecule has 2 aromatic heterocycles. The molecule has 0 aliphatic rings. The molecule has 0 spiro atoms. The summed E-state index contributed by atoms with van der Waals surface area (Å²) in [5.74, 6) is -1.53. The van der Waals surface area contributed by atoms with Crippen molar-refractivity contribution in [3.63, 3.8) is 0 Å². The van der Waals surface area contributed by atoms with Crippen LogP contribution in [0.4, 0.5) is 8.78 Å². The van der Waals surface area contributed by atoms with Gasteiger partial charge >= 0.3 is 5.97 Å². The van der Waals surface area contributed by atoms with Crippen molar-refractivity contribution < 1.29 is 18.7 Å². The molecule has 2 heterocycles. The van der Waals surface area contributed by atoms with Crippen molar-refractivity contribution in [3.05, 3.63) is 71.4 Å². The van der Waals surface area contributed by atoms with Crippen molar-refractivity contribution in [3.8, 4) is 0 Å². The highest BCUT2D eigenvalue weighted by atomic mass is 32.2. The Morgan fingerprint density at radius 1 is 1.24 bits per heavy atom. The Labute approximate surface area is 171 Å². The molecule has 1 aromatic carbocycles. The molecule has 3 rings (SSSR count). The van der Waals surface area contributed by atoms with Crippen molar-refractivity contribution in [1.29, 1.82) is 0 Å². The number of benzene rings is 1. The summed E-state index contributed by atoms with van der Waals surface area (Å²) >= 11 is 1.22. The van der Waals surface area contributed by atoms with Crippen LogP contribution < -0.4 is 0 Å². The number of carboxylic acid groups (broad SMARTS) is 1. The minimum absolute atomic E-state index is 0.0506. The zero-order valence-corrected chi connectivity index (χ0v) is 16.9. The van der Waals surface area contributed by atoms with E-state index < -0.39 is 17.6 Å². The van der Waals surface area contributed by atoms with E-state index in [0.29, 0.717) is 17.3 Å². The second-order valence-corrected chi connectivity index (χ2v) is 7.98. The van der Waals surface area contributed by atoms with Crippen molar-refractivity contribution in [2.45, 2.75) is 49.1 Å². The van der Waals surface area contributed by atoms with Gasteiger partial charge in [-0.2, -0.15) is 0 Å². The monoisotopic (exact) mass is 417 g/mol. The zero-order chi connectivity index (χ0) is 21.0. The third-order valence-corrected chi connectivity index (χ3v) is 5.34. The molecule has 1 N–H and O–H groups in total. The van der Waals surface area contributed by atoms with E-state index >= 15 is 0 Å². The van der Waals surface area contributed by atoms with Gasteiger partial charge in [0.05, 0.1) is 18.7 Å². The summed E-state index contributed by atoms with van der Waals surface area (Å²) in [5.41, 5.74) is 1.69. The molecule has 0 saturated carbocycles. The summed E-state index contributed by atoms with van der Waals surface area (Å²) in [7, 11) is 0. The Bertz CT molecular complexity index is 986. The lowest BCUT2D eigenvalue weighted by molar-refractivity contribution is -0.137. The third kappa shape index (κ3) is 5.41. The maximum absolute atomic E-state index is 13.7. The summed E-state index contributed by atoms with van der Waals surface area (Å²) in [6.45, 7) is 4.39. The van der Waals surface area contributed by atoms with Gasteiger partial charge in [0.15, 0.2) is 0 Å². The van der Waals surface area contributed by atoms with Crippen LogP contribution in [-0.4, -0.2) is 25.6 Å². The number of nitrogens with zero attached hydrogens (tertiary/aromatic N) is 3. The van der Waals surface area contributed by atoms with Crippen LogP contribution in [-0.2, 0) is 17.8 Å². The van der Waals surface area contributed by atoms with E-state index in [4.69, 9.17) is 5.11 Å². The molecule has 0 bridgehead atoms. The Morgan fingerprint density at radius 2 is 1.97 bits per heavy atom. The number of hydrogen-bond acceptors (Lipinski definition) is 4. The molecular weight excluding hydrogens is 396 g/mol. The van der Waals surface area contributed by atoms with Crippen LogP contribution in [0.3, 0.4) is 0 Å². The van der Waals surface area contributed by atoms with Crippen molar-refractivity contribution in [2.24, 2.45) is 0 Å². The fourth-order valence-corrected chi connectivity index (χ4v) is 4.16. The number of aliphatic carboxylic acids is 1. The predicted octanol–water partition coefficient (Wildman–Crippen LogP) is 4.90. The van der Waals surface area contributed by atoms with Gasteiger partial charge < -0.3 is 9.67 Å². The number of rotatable bonds is 8. The summed E-state index contributed by atoms with van der Waals surface area (Å²) < 4.78 is 29.3. The summed E-state index contributed by atoms with van der Waals surface area (Å²) in [4.78, 5) is 20.3. The molecule has 0 aliphatic heterocycles. The largest absolute Gasteiger partial charge is 0.481 e. The van der Waals surface area contributed by atoms with Gasteiger partial charge in [0.2, 0.25) is 0 Å². The highest BCUT2D eigenvalue weighted by Crippen LogP contribution is 2.36. The average Bonchev–Trinajstić information content (AvgIpc) is 2.97. The van der Waals surface area contributed by atoms with Gasteiger partial charge in [0.1, 0.15) is 22.5 Å². The maximum Gasteiger partial charge on any atom is 0.303 e. The van der Waals surface area contributed by atoms with Crippen LogP contribution >= 0.6 is 11.8 Å². The number of hydrogen-bond donors (Lipinski definition) is 1. The van der Waals surface area contributed by atoms with E-state index in [-0.39, 0.29) is 18.8 Å². The minimum atomic E-state index is -0.909. The van der Waals surface area contributed by atoms with Crippen LogP contribution in [0.5, 0.6) is 0 Å². The first-order valence-corrected chi connectivity index (χ1v) is 9.99. The molecular formula is C21H21F2N3O2S. The van der Waals surface area contributed by atoms with Crippen LogP contribution in [0.15, 0.2) is 52.6 Å². The number of carboxylic acids is 1. The van der Waals surface area contributed by atoms with E-state index in [2.05, 4.69) is 9.97 Å². The van der Waals surface area contributed by atoms with E-state index in [1.807, 2.05) is 30.5 Å². The zero-order valence-electron chi connectivity index (χ0n) is 16.1. The second kappa shape index (κ2) is 9.17. The number of halogens is 2. The number of carbonyl (C=O) groups is 1. The predicted molar refractivity (Wildman–Crippen MR) is 106 cm³/mol. The first-order valence-electron chi connectivity index (χ1n) is 9.17. The maximum atomic E-state index is 13.7. The van der Waals surface area contributed by atoms with Gasteiger partial charge in [-0.05, 0) is 29.7 Å². The van der Waals surface area contributed by atoms with Gasteiger partial charge in [-0.1, -0.05) is 31.7 Å². The molecule has 8 heteroatoms. The Kier molecular flexibility index (Phi) is 6.64. The molecule has 0 saturated heterocycles. The SMILES string of the molecule is CC(C)c1nc(CCC(=O)O)n(Cc2cccnc2)c1Sc1cc(F)cc(F)c1. The van der Waals surface area contributed by atoms with Crippen LogP contribution in [0.2, 0.25) is 0 Å². The molecule has 0 unspecified atom stereocenters. The molecule has 3 aromatic rings. The highest BCUT2D eigenvalue weighted by Gasteiger charge is 2.21. The lowest BCUT2D eigenvalue weighted by Crippen LogP contribution is -2.09. The van der Waals surface area contributed by atoms with E-state index in [1.54, 1.807) is 12.4 Å². The van der Waals surface area contributed by atoms with Crippen LogP contribution in [0.25, 0.3) is 0 Å². The second-order valence-electron chi connectivity index (χ2n) is 6.92. The lowest BCUT2D eigenvalue weighted by Gasteiger charge is -2.13. The van der Waals surface area contributed by atoms with Gasteiger partial charge in [-0.25, -0.2) is 13.8 Å². The van der Waals surface area contributed by atoms with Gasteiger partial charge in [-0.15, -0.1) is 0 Å². The average molecular weight is 417 g/mol. The molecule has 0 radical (unpaired) electrons. The van der Waals surface area contributed by atoms with Crippen LogP contribution in [0.1, 0.15) is 43.3 Å². The molecule has 0 fully saturated rings. The summed E-state index contributed by atoms with van der Waals surface area (Å²) in [5, 5.41) is 9.85. The molecule has 0 aliphatic carbocycles. The van der Waals surface area contributed by atoms with Gasteiger partial charge in [0, 0.05) is 29.8 Å². The summed E-state index contributed by atoms with van der Waals surface area (Å²) in [6, 6.07) is 7.12. The molecule has 0 atom stereocenters. The number of pyridine rings is 1. The van der Waals surface area contributed by atoms with E-state index in [0.717, 1.165) is 22.3 Å². The first-order chi connectivity index (χ1) is 13.8. The number of imidazole rings is 1. The Balaban J connectivity index is 2.08. The number of aryl methyl sites for hydroxylation is 1. The highest BCUT2D eigenvalue weighted by molar-refractivity contribution is 7.99. The molecule has 5 nitrogen and oxygen atoms in total. The normalized spacial score (nSPS) is 11.2. The Hall–Kier alpha value is -2.74. The van der Waals surface area contributed by atoms with Crippen molar-refractivity contribution in [1.82, 2.24) is 14.5 Å². The number of aromatic nitrogens is 3. The van der Waals surface area contributed by atoms with Gasteiger partial charge in [-0.3, -0.25) is 9.78 Å². The fourth-order valence-electron chi connectivity index (χ4n) is 2.93.